The zero-order valence-electron chi connectivity index (χ0n) is 16.9. The zero-order chi connectivity index (χ0) is 21.8. The van der Waals surface area contributed by atoms with Crippen molar-refractivity contribution < 1.29 is 14.4 Å². The summed E-state index contributed by atoms with van der Waals surface area (Å²) in [6.07, 6.45) is 0.137. The fourth-order valence-electron chi connectivity index (χ4n) is 3.09. The Morgan fingerprint density at radius 3 is 2.40 bits per heavy atom. The molecule has 2 amide bonds. The molecule has 3 aromatic rings. The van der Waals surface area contributed by atoms with Gasteiger partial charge in [0.1, 0.15) is 11.9 Å². The van der Waals surface area contributed by atoms with Crippen LogP contribution in [0.4, 0.5) is 0 Å². The van der Waals surface area contributed by atoms with Gasteiger partial charge in [-0.2, -0.15) is 5.10 Å². The Kier molecular flexibility index (Phi) is 6.01. The summed E-state index contributed by atoms with van der Waals surface area (Å²) in [5.74, 6) is -1.45. The van der Waals surface area contributed by atoms with Crippen molar-refractivity contribution in [2.24, 2.45) is 5.73 Å². The third-order valence-electron chi connectivity index (χ3n) is 4.44. The number of ketones is 1. The van der Waals surface area contributed by atoms with Gasteiger partial charge >= 0.3 is 0 Å². The minimum Gasteiger partial charge on any atom is -0.363 e. The molecule has 0 aliphatic rings. The maximum absolute atomic E-state index is 12.8. The van der Waals surface area contributed by atoms with E-state index >= 15 is 0 Å². The third-order valence-corrected chi connectivity index (χ3v) is 4.44. The van der Waals surface area contributed by atoms with Crippen molar-refractivity contribution in [1.82, 2.24) is 25.1 Å². The summed E-state index contributed by atoms with van der Waals surface area (Å²) in [7, 11) is 0. The summed E-state index contributed by atoms with van der Waals surface area (Å²) in [5.41, 5.74) is 7.49. The van der Waals surface area contributed by atoms with E-state index in [1.54, 1.807) is 50.2 Å². The molecule has 0 radical (unpaired) electrons. The first kappa shape index (κ1) is 20.8. The lowest BCUT2D eigenvalue weighted by Gasteiger charge is -2.15. The van der Waals surface area contributed by atoms with Crippen LogP contribution in [0.25, 0.3) is 5.82 Å². The number of hydrogen-bond donors (Lipinski definition) is 2. The summed E-state index contributed by atoms with van der Waals surface area (Å²) < 4.78 is 1.53. The number of carbonyl (C=O) groups excluding carboxylic acids is 3. The van der Waals surface area contributed by atoms with E-state index in [1.807, 2.05) is 13.0 Å². The SMILES string of the molecule is Cc1cc(-n2nc(C(=O)N[C@@H](Cc3ccccc3)C(=O)C(N)=O)cc2C)nc(C)n1. The maximum Gasteiger partial charge on any atom is 0.287 e. The fraction of sp³-hybridized carbons (Fsp3) is 0.238. The molecule has 0 aliphatic carbocycles. The molecule has 2 heterocycles. The molecule has 2 aromatic heterocycles. The normalized spacial score (nSPS) is 11.7. The van der Waals surface area contributed by atoms with Crippen molar-refractivity contribution in [3.8, 4) is 5.82 Å². The molecule has 9 heteroatoms. The zero-order valence-corrected chi connectivity index (χ0v) is 16.9. The van der Waals surface area contributed by atoms with Gasteiger partial charge in [-0.25, -0.2) is 14.6 Å². The molecule has 0 aliphatic heterocycles. The first-order valence-electron chi connectivity index (χ1n) is 9.32. The topological polar surface area (TPSA) is 133 Å². The molecule has 0 bridgehead atoms. The van der Waals surface area contributed by atoms with Gasteiger partial charge in [0.05, 0.1) is 0 Å². The quantitative estimate of drug-likeness (QED) is 0.562. The summed E-state index contributed by atoms with van der Waals surface area (Å²) in [6.45, 7) is 5.40. The molecule has 0 spiro atoms. The van der Waals surface area contributed by atoms with Gasteiger partial charge < -0.3 is 11.1 Å². The van der Waals surface area contributed by atoms with Crippen LogP contribution in [0.5, 0.6) is 0 Å². The summed E-state index contributed by atoms with van der Waals surface area (Å²) in [5, 5.41) is 6.89. The van der Waals surface area contributed by atoms with E-state index < -0.39 is 23.6 Å². The number of nitrogens with two attached hydrogens (primary N) is 1. The molecule has 0 unspecified atom stereocenters. The number of nitrogens with zero attached hydrogens (tertiary/aromatic N) is 4. The summed E-state index contributed by atoms with van der Waals surface area (Å²) in [6, 6.07) is 11.3. The number of hydrogen-bond acceptors (Lipinski definition) is 6. The largest absolute Gasteiger partial charge is 0.363 e. The Balaban J connectivity index is 1.85. The highest BCUT2D eigenvalue weighted by Gasteiger charge is 2.27. The molecule has 9 nitrogen and oxygen atoms in total. The monoisotopic (exact) mass is 406 g/mol. The van der Waals surface area contributed by atoms with Crippen molar-refractivity contribution in [3.05, 3.63) is 70.9 Å². The molecule has 30 heavy (non-hydrogen) atoms. The van der Waals surface area contributed by atoms with Crippen LogP contribution in [0.1, 0.15) is 33.3 Å². The van der Waals surface area contributed by atoms with Crippen molar-refractivity contribution >= 4 is 17.6 Å². The predicted molar refractivity (Wildman–Crippen MR) is 109 cm³/mol. The van der Waals surface area contributed by atoms with Crippen LogP contribution in [0, 0.1) is 20.8 Å². The lowest BCUT2D eigenvalue weighted by Crippen LogP contribution is -2.47. The molecular weight excluding hydrogens is 384 g/mol. The highest BCUT2D eigenvalue weighted by atomic mass is 16.2. The number of benzene rings is 1. The van der Waals surface area contributed by atoms with Gasteiger partial charge in [-0.1, -0.05) is 30.3 Å². The number of aryl methyl sites for hydroxylation is 3. The Morgan fingerprint density at radius 2 is 1.77 bits per heavy atom. The van der Waals surface area contributed by atoms with Gasteiger partial charge in [-0.3, -0.25) is 14.4 Å². The molecule has 3 rings (SSSR count). The Morgan fingerprint density at radius 1 is 1.07 bits per heavy atom. The van der Waals surface area contributed by atoms with Gasteiger partial charge in [0.2, 0.25) is 5.78 Å². The number of primary amides is 1. The van der Waals surface area contributed by atoms with Crippen LogP contribution in [0.3, 0.4) is 0 Å². The van der Waals surface area contributed by atoms with Crippen molar-refractivity contribution in [3.63, 3.8) is 0 Å². The Labute approximate surface area is 173 Å². The average Bonchev–Trinajstić information content (AvgIpc) is 3.08. The van der Waals surface area contributed by atoms with Crippen molar-refractivity contribution in [1.29, 1.82) is 0 Å². The minimum atomic E-state index is -1.11. The summed E-state index contributed by atoms with van der Waals surface area (Å²) >= 11 is 0. The number of amides is 2. The van der Waals surface area contributed by atoms with Crippen molar-refractivity contribution in [2.75, 3.05) is 0 Å². The van der Waals surface area contributed by atoms with E-state index in [0.29, 0.717) is 17.3 Å². The number of nitrogens with one attached hydrogen (secondary N) is 1. The Hall–Kier alpha value is -3.88. The van der Waals surface area contributed by atoms with Crippen LogP contribution in [-0.4, -0.2) is 43.4 Å². The van der Waals surface area contributed by atoms with E-state index in [0.717, 1.165) is 11.3 Å². The first-order chi connectivity index (χ1) is 14.2. The van der Waals surface area contributed by atoms with Gasteiger partial charge in [0.15, 0.2) is 11.5 Å². The highest BCUT2D eigenvalue weighted by molar-refractivity contribution is 6.38. The average molecular weight is 406 g/mol. The second-order valence-corrected chi connectivity index (χ2v) is 6.94. The molecule has 0 fully saturated rings. The second-order valence-electron chi connectivity index (χ2n) is 6.94. The van der Waals surface area contributed by atoms with Crippen molar-refractivity contribution in [2.45, 2.75) is 33.2 Å². The van der Waals surface area contributed by atoms with E-state index in [2.05, 4.69) is 20.4 Å². The van der Waals surface area contributed by atoms with Gasteiger partial charge in [-0.05, 0) is 32.4 Å². The van der Waals surface area contributed by atoms with Crippen LogP contribution in [0.15, 0.2) is 42.5 Å². The first-order valence-corrected chi connectivity index (χ1v) is 9.32. The van der Waals surface area contributed by atoms with E-state index in [4.69, 9.17) is 5.73 Å². The van der Waals surface area contributed by atoms with Gasteiger partial charge in [-0.15, -0.1) is 0 Å². The predicted octanol–water partition coefficient (Wildman–Crippen LogP) is 0.983. The molecule has 0 saturated heterocycles. The molecular formula is C21H22N6O3. The minimum absolute atomic E-state index is 0.0942. The van der Waals surface area contributed by atoms with E-state index in [9.17, 15) is 14.4 Å². The number of Topliss-reactive ketones (excluding diaryl/α,β-unsaturated/α-hetero) is 1. The highest BCUT2D eigenvalue weighted by Crippen LogP contribution is 2.12. The molecule has 1 atom stereocenters. The van der Waals surface area contributed by atoms with Crippen LogP contribution >= 0.6 is 0 Å². The van der Waals surface area contributed by atoms with Crippen LogP contribution in [-0.2, 0) is 16.0 Å². The Bertz CT molecular complexity index is 1090. The second kappa shape index (κ2) is 8.64. The lowest BCUT2D eigenvalue weighted by molar-refractivity contribution is -0.137. The van der Waals surface area contributed by atoms with Crippen LogP contribution < -0.4 is 11.1 Å². The molecule has 0 saturated carbocycles. The number of rotatable bonds is 7. The smallest absolute Gasteiger partial charge is 0.287 e. The number of carbonyl (C=O) groups is 3. The van der Waals surface area contributed by atoms with E-state index in [1.165, 1.54) is 4.68 Å². The maximum atomic E-state index is 12.8. The lowest BCUT2D eigenvalue weighted by atomic mass is 10.0. The molecule has 1 aromatic carbocycles. The third kappa shape index (κ3) is 4.75. The summed E-state index contributed by atoms with van der Waals surface area (Å²) in [4.78, 5) is 45.1. The van der Waals surface area contributed by atoms with E-state index in [-0.39, 0.29) is 12.1 Å². The number of aromatic nitrogens is 4. The molecule has 3 N–H and O–H groups in total. The van der Waals surface area contributed by atoms with Crippen LogP contribution in [0.2, 0.25) is 0 Å². The fourth-order valence-corrected chi connectivity index (χ4v) is 3.09. The molecule has 154 valence electrons. The standard InChI is InChI=1S/C21H22N6O3/c1-12-9-18(24-14(3)23-12)27-13(2)10-17(26-27)21(30)25-16(19(28)20(22)29)11-15-7-5-4-6-8-15/h4-10,16H,11H2,1-3H3,(H2,22,29)(H,25,30)/t16-/m0/s1. The van der Waals surface area contributed by atoms with Gasteiger partial charge in [0, 0.05) is 23.9 Å². The van der Waals surface area contributed by atoms with Gasteiger partial charge in [0.25, 0.3) is 11.8 Å².